The summed E-state index contributed by atoms with van der Waals surface area (Å²) in [6.07, 6.45) is 3.87. The molecule has 0 bridgehead atoms. The first-order valence-corrected chi connectivity index (χ1v) is 24.9. The Morgan fingerprint density at radius 3 is 1.89 bits per heavy atom. The van der Waals surface area contributed by atoms with Crippen molar-refractivity contribution in [3.05, 3.63) is 224 Å². The van der Waals surface area contributed by atoms with Crippen LogP contribution in [0.15, 0.2) is 212 Å². The molecule has 346 valence electrons. The second-order valence-corrected chi connectivity index (χ2v) is 20.2. The molecule has 7 nitrogen and oxygen atoms in total. The zero-order valence-corrected chi connectivity index (χ0v) is 40.3. The summed E-state index contributed by atoms with van der Waals surface area (Å²) in [6.45, 7) is 6.66. The van der Waals surface area contributed by atoms with Gasteiger partial charge in [0.25, 0.3) is 13.0 Å². The Morgan fingerprint density at radius 1 is 0.466 bits per heavy atom. The van der Waals surface area contributed by atoms with Crippen molar-refractivity contribution in [1.82, 2.24) is 9.13 Å². The maximum absolute atomic E-state index is 7.08. The zero-order chi connectivity index (χ0) is 48.5. The molecule has 10 aromatic carbocycles. The van der Waals surface area contributed by atoms with Crippen LogP contribution in [0.4, 0.5) is 0 Å². The van der Waals surface area contributed by atoms with Crippen LogP contribution in [0.3, 0.4) is 0 Å². The van der Waals surface area contributed by atoms with Gasteiger partial charge in [0, 0.05) is 44.5 Å². The second kappa shape index (κ2) is 15.6. The van der Waals surface area contributed by atoms with Gasteiger partial charge in [0.15, 0.2) is 0 Å². The molecule has 0 saturated carbocycles. The van der Waals surface area contributed by atoms with Crippen LogP contribution in [0.1, 0.15) is 26.3 Å². The van der Waals surface area contributed by atoms with Gasteiger partial charge in [0.1, 0.15) is 46.0 Å². The first-order chi connectivity index (χ1) is 35.8. The summed E-state index contributed by atoms with van der Waals surface area (Å²) in [5, 5.41) is 2.38. The summed E-state index contributed by atoms with van der Waals surface area (Å²) in [7, 11) is 0. The fourth-order valence-corrected chi connectivity index (χ4v) is 11.5. The number of ether oxygens (including phenoxy) is 4. The van der Waals surface area contributed by atoms with Crippen LogP contribution in [-0.2, 0) is 5.41 Å². The predicted octanol–water partition coefficient (Wildman–Crippen LogP) is 14.1. The maximum atomic E-state index is 7.08. The Kier molecular flexibility index (Phi) is 8.88. The lowest BCUT2D eigenvalue weighted by Gasteiger charge is -2.38. The summed E-state index contributed by atoms with van der Waals surface area (Å²) in [5.74, 6) is 6.21. The third kappa shape index (κ3) is 6.36. The third-order valence-corrected chi connectivity index (χ3v) is 14.9. The van der Waals surface area contributed by atoms with Crippen molar-refractivity contribution >= 4 is 55.9 Å². The van der Waals surface area contributed by atoms with Crippen LogP contribution in [0.5, 0.6) is 46.0 Å². The highest BCUT2D eigenvalue weighted by Gasteiger charge is 2.47. The molecular formula is C65H44BN3O4. The summed E-state index contributed by atoms with van der Waals surface area (Å²) < 4.78 is 33.8. The van der Waals surface area contributed by atoms with Gasteiger partial charge in [-0.25, -0.2) is 0 Å². The van der Waals surface area contributed by atoms with Crippen LogP contribution >= 0.6 is 0 Å². The number of hydrogen-bond donors (Lipinski definition) is 0. The molecule has 0 N–H and O–H groups in total. The van der Waals surface area contributed by atoms with Crippen LogP contribution in [0, 0.1) is 6.33 Å². The lowest BCUT2D eigenvalue weighted by molar-refractivity contribution is -0.571. The highest BCUT2D eigenvalue weighted by Crippen LogP contribution is 2.47. The Morgan fingerprint density at radius 2 is 1.10 bits per heavy atom. The highest BCUT2D eigenvalue weighted by molar-refractivity contribution is 6.99. The lowest BCUT2D eigenvalue weighted by Crippen LogP contribution is -2.59. The fraction of sp³-hybridized carbons (Fsp3) is 0.0615. The van der Waals surface area contributed by atoms with E-state index in [1.54, 1.807) is 0 Å². The smallest absolute Gasteiger partial charge is 0.270 e. The topological polar surface area (TPSA) is 50.7 Å². The molecule has 8 heteroatoms. The molecule has 0 radical (unpaired) electrons. The lowest BCUT2D eigenvalue weighted by atomic mass is 9.33. The van der Waals surface area contributed by atoms with E-state index in [1.165, 1.54) is 16.3 Å². The van der Waals surface area contributed by atoms with Gasteiger partial charge in [-0.3, -0.25) is 9.13 Å². The Hall–Kier alpha value is -9.27. The van der Waals surface area contributed by atoms with Crippen molar-refractivity contribution in [2.24, 2.45) is 0 Å². The number of fused-ring (bicyclic) bond motifs is 4. The molecule has 0 aliphatic carbocycles. The predicted molar refractivity (Wildman–Crippen MR) is 292 cm³/mol. The molecule has 5 heterocycles. The molecule has 0 fully saturated rings. The highest BCUT2D eigenvalue weighted by atomic mass is 16.5. The average Bonchev–Trinajstić information content (AvgIpc) is 3.97. The molecule has 0 atom stereocenters. The summed E-state index contributed by atoms with van der Waals surface area (Å²) in [5.41, 5.74) is 15.6. The zero-order valence-electron chi connectivity index (χ0n) is 40.3. The molecule has 3 aliphatic rings. The minimum Gasteiger partial charge on any atom is -0.458 e. The molecular weight excluding hydrogens is 898 g/mol. The van der Waals surface area contributed by atoms with Crippen LogP contribution in [0.25, 0.3) is 72.2 Å². The number of para-hydroxylation sites is 4. The normalized spacial score (nSPS) is 12.9. The van der Waals surface area contributed by atoms with Crippen LogP contribution in [-0.4, -0.2) is 15.8 Å². The largest absolute Gasteiger partial charge is 0.458 e. The van der Waals surface area contributed by atoms with Crippen LogP contribution < -0.4 is 39.9 Å². The minimum atomic E-state index is -0.118. The van der Waals surface area contributed by atoms with Crippen LogP contribution in [0.2, 0.25) is 0 Å². The third-order valence-electron chi connectivity index (χ3n) is 14.9. The van der Waals surface area contributed by atoms with Gasteiger partial charge >= 0.3 is 0 Å². The van der Waals surface area contributed by atoms with Gasteiger partial charge in [0.05, 0.1) is 33.4 Å². The Labute approximate surface area is 422 Å². The van der Waals surface area contributed by atoms with E-state index >= 15 is 0 Å². The molecule has 0 amide bonds. The molecule has 2 aromatic heterocycles. The van der Waals surface area contributed by atoms with Gasteiger partial charge in [0.2, 0.25) is 0 Å². The van der Waals surface area contributed by atoms with Gasteiger partial charge in [-0.1, -0.05) is 142 Å². The SMILES string of the molecule is CC(C)(C)c1cccc(-n2c3ccccc3c3ccc(Oc4cccc(-n5[c-][n+](-c6c(-c7ccccc7)cccc6-c6ccc7c8c6Oc6cccc9c6B8c6c(cccc6O7)O9)c6ccccc65)c4)cc32)c1. The van der Waals surface area contributed by atoms with E-state index in [0.29, 0.717) is 5.75 Å². The maximum Gasteiger partial charge on any atom is 0.270 e. The Bertz CT molecular complexity index is 4250. The van der Waals surface area contributed by atoms with E-state index in [2.05, 4.69) is 211 Å². The monoisotopic (exact) mass is 941 g/mol. The van der Waals surface area contributed by atoms with Crippen molar-refractivity contribution in [1.29, 1.82) is 0 Å². The van der Waals surface area contributed by atoms with E-state index in [1.807, 2.05) is 42.5 Å². The van der Waals surface area contributed by atoms with Gasteiger partial charge < -0.3 is 23.5 Å². The molecule has 3 aliphatic heterocycles. The van der Waals surface area contributed by atoms with E-state index in [-0.39, 0.29) is 12.1 Å². The van der Waals surface area contributed by atoms with E-state index < -0.39 is 0 Å². The molecule has 15 rings (SSSR count). The second-order valence-electron chi connectivity index (χ2n) is 20.2. The first kappa shape index (κ1) is 41.5. The summed E-state index contributed by atoms with van der Waals surface area (Å²) in [6, 6.07) is 74.2. The minimum absolute atomic E-state index is 0.00804. The standard InChI is InChI=1S/C65H44BN3O4/c1-65(2,3)41-18-11-20-43(36-41)69-51-25-8-7-22-47(51)48-33-32-45(38-54(48)69)70-44-21-12-19-42(37-44)67-39-68(53-27-10-9-26-52(53)67)63-46(40-16-5-4-6-17-40)23-13-24-49(63)50-34-35-59-62-64(50)73-58-31-15-30-57-61(58)66(62)60-55(71-57)28-14-29-56(60)72-59/h4-38H,1-3H3. The molecule has 0 saturated heterocycles. The number of imidazole rings is 1. The van der Waals surface area contributed by atoms with Gasteiger partial charge in [-0.05, 0) is 113 Å². The molecule has 0 spiro atoms. The number of hydrogen-bond acceptors (Lipinski definition) is 4. The van der Waals surface area contributed by atoms with Crippen molar-refractivity contribution < 1.29 is 23.5 Å². The number of rotatable bonds is 7. The summed E-state index contributed by atoms with van der Waals surface area (Å²) >= 11 is 0. The fourth-order valence-electron chi connectivity index (χ4n) is 11.5. The number of aromatic nitrogens is 3. The molecule has 12 aromatic rings. The quantitative estimate of drug-likeness (QED) is 0.0907. The van der Waals surface area contributed by atoms with Gasteiger partial charge in [-0.15, -0.1) is 0 Å². The summed E-state index contributed by atoms with van der Waals surface area (Å²) in [4.78, 5) is 0. The van der Waals surface area contributed by atoms with Crippen molar-refractivity contribution in [3.63, 3.8) is 0 Å². The molecule has 0 unspecified atom stereocenters. The number of benzene rings is 10. The average molecular weight is 942 g/mol. The van der Waals surface area contributed by atoms with E-state index in [0.717, 1.165) is 118 Å². The number of nitrogens with zero attached hydrogens (tertiary/aromatic N) is 3. The van der Waals surface area contributed by atoms with Crippen molar-refractivity contribution in [2.75, 3.05) is 0 Å². The van der Waals surface area contributed by atoms with E-state index in [9.17, 15) is 0 Å². The van der Waals surface area contributed by atoms with Gasteiger partial charge in [-0.2, -0.15) is 0 Å². The molecule has 73 heavy (non-hydrogen) atoms. The van der Waals surface area contributed by atoms with Crippen molar-refractivity contribution in [2.45, 2.75) is 26.2 Å². The Balaban J connectivity index is 0.872. The van der Waals surface area contributed by atoms with Crippen molar-refractivity contribution in [3.8, 4) is 85.3 Å². The van der Waals surface area contributed by atoms with E-state index in [4.69, 9.17) is 18.9 Å². The first-order valence-electron chi connectivity index (χ1n) is 24.9.